The molecule has 2 aliphatic heterocycles. The third-order valence-electron chi connectivity index (χ3n) is 10.7. The summed E-state index contributed by atoms with van der Waals surface area (Å²) >= 11 is 0. The molecule has 2 saturated heterocycles. The second-order valence-corrected chi connectivity index (χ2v) is 13.9. The Morgan fingerprint density at radius 3 is 2.00 bits per heavy atom. The molecule has 5 atom stereocenters. The number of amides is 3. The fourth-order valence-electron chi connectivity index (χ4n) is 8.02. The van der Waals surface area contributed by atoms with Crippen molar-refractivity contribution in [1.82, 2.24) is 35.1 Å². The molecule has 268 valence electrons. The largest absolute Gasteiger partial charge is 0.453 e. The van der Waals surface area contributed by atoms with E-state index in [1.165, 1.54) is 7.11 Å². The molecule has 0 radical (unpaired) electrons. The van der Waals surface area contributed by atoms with Gasteiger partial charge in [-0.25, -0.2) is 19.6 Å². The molecular weight excluding hydrogens is 648 g/mol. The average Bonchev–Trinajstić information content (AvgIpc) is 3.99. The van der Waals surface area contributed by atoms with Crippen LogP contribution in [-0.4, -0.2) is 86.7 Å². The fourth-order valence-corrected chi connectivity index (χ4v) is 8.02. The van der Waals surface area contributed by atoms with Crippen LogP contribution in [0.5, 0.6) is 0 Å². The number of alkyl carbamates (subject to hydrolysis) is 1. The van der Waals surface area contributed by atoms with Gasteiger partial charge in [-0.1, -0.05) is 48.5 Å². The summed E-state index contributed by atoms with van der Waals surface area (Å²) in [5.41, 5.74) is 11.5. The predicted octanol–water partition coefficient (Wildman–Crippen LogP) is 5.94. The van der Waals surface area contributed by atoms with Gasteiger partial charge in [-0.05, 0) is 80.7 Å². The van der Waals surface area contributed by atoms with E-state index in [1.54, 1.807) is 11.8 Å². The zero-order valence-electron chi connectivity index (χ0n) is 29.1. The van der Waals surface area contributed by atoms with Crippen LogP contribution < -0.4 is 11.1 Å². The van der Waals surface area contributed by atoms with E-state index in [1.807, 2.05) is 12.4 Å². The molecule has 13 heteroatoms. The summed E-state index contributed by atoms with van der Waals surface area (Å²) in [7, 11) is 1.28. The average molecular weight is 695 g/mol. The van der Waals surface area contributed by atoms with E-state index < -0.39 is 18.2 Å². The number of imidazole rings is 2. The van der Waals surface area contributed by atoms with Gasteiger partial charge in [0.1, 0.15) is 23.8 Å². The van der Waals surface area contributed by atoms with Crippen LogP contribution in [-0.2, 0) is 14.3 Å². The lowest BCUT2D eigenvalue weighted by atomic mass is 10.0. The van der Waals surface area contributed by atoms with Crippen LogP contribution in [0.1, 0.15) is 75.6 Å². The van der Waals surface area contributed by atoms with Crippen molar-refractivity contribution in [3.05, 3.63) is 72.6 Å². The second-order valence-electron chi connectivity index (χ2n) is 13.9. The number of nitrogens with one attached hydrogen (secondary N) is 3. The minimum absolute atomic E-state index is 0.0931. The number of primary amides is 1. The number of benzene rings is 2. The molecule has 3 aliphatic rings. The number of hydrogen-bond acceptors (Lipinski definition) is 8. The summed E-state index contributed by atoms with van der Waals surface area (Å²) in [6.45, 7) is 4.16. The fraction of sp³-hybridized carbons (Fsp3) is 0.447. The van der Waals surface area contributed by atoms with Gasteiger partial charge in [-0.3, -0.25) is 9.69 Å². The standard InChI is InChI=1S/C38H46N8O5/c1-23(42-38(49)50-2)36(47)46-19-5-8-32(46)35-41-21-30(44-35)27-16-12-25(13-17-27)24-10-14-26(15-11-24)29-20-40-34(43-29)31-7-4-18-45(31)22-28-6-3-9-33(28)51-37(39)48/h10-17,20-21,23,28,31-33H,3-9,18-19,22H2,1-2H3,(H2,39,48)(H,40,43)(H,41,44)(H,42,49)/t23-,28-,31-,32-,33-/m0/s1. The lowest BCUT2D eigenvalue weighted by molar-refractivity contribution is -0.134. The zero-order chi connectivity index (χ0) is 35.5. The summed E-state index contributed by atoms with van der Waals surface area (Å²) < 4.78 is 10.1. The van der Waals surface area contributed by atoms with E-state index in [9.17, 15) is 14.4 Å². The van der Waals surface area contributed by atoms with Crippen molar-refractivity contribution in [3.63, 3.8) is 0 Å². The number of nitrogens with zero attached hydrogens (tertiary/aromatic N) is 4. The number of carbonyl (C=O) groups is 3. The van der Waals surface area contributed by atoms with E-state index in [0.29, 0.717) is 12.5 Å². The van der Waals surface area contributed by atoms with E-state index in [4.69, 9.17) is 15.5 Å². The first-order valence-corrected chi connectivity index (χ1v) is 17.9. The Hall–Kier alpha value is -5.17. The summed E-state index contributed by atoms with van der Waals surface area (Å²) in [5.74, 6) is 1.86. The van der Waals surface area contributed by atoms with Crippen molar-refractivity contribution in [3.8, 4) is 33.6 Å². The Morgan fingerprint density at radius 1 is 0.824 bits per heavy atom. The van der Waals surface area contributed by atoms with Crippen LogP contribution in [0.25, 0.3) is 33.6 Å². The van der Waals surface area contributed by atoms with Gasteiger partial charge in [0.2, 0.25) is 5.91 Å². The summed E-state index contributed by atoms with van der Waals surface area (Å²) in [4.78, 5) is 56.8. The Kier molecular flexibility index (Phi) is 10.1. The first kappa shape index (κ1) is 34.3. The van der Waals surface area contributed by atoms with Gasteiger partial charge < -0.3 is 35.4 Å². The number of methoxy groups -OCH3 is 1. The Labute approximate surface area is 297 Å². The van der Waals surface area contributed by atoms with Crippen molar-refractivity contribution in [1.29, 1.82) is 0 Å². The molecular formula is C38H46N8O5. The molecule has 2 aromatic heterocycles. The van der Waals surface area contributed by atoms with E-state index in [0.717, 1.165) is 103 Å². The molecule has 5 N–H and O–H groups in total. The lowest BCUT2D eigenvalue weighted by Crippen LogP contribution is -2.46. The lowest BCUT2D eigenvalue weighted by Gasteiger charge is -2.28. The highest BCUT2D eigenvalue weighted by molar-refractivity contribution is 5.85. The zero-order valence-corrected chi connectivity index (χ0v) is 29.1. The van der Waals surface area contributed by atoms with Crippen LogP contribution in [0, 0.1) is 5.92 Å². The smallest absolute Gasteiger partial charge is 0.407 e. The molecule has 1 saturated carbocycles. The highest BCUT2D eigenvalue weighted by Gasteiger charge is 2.37. The van der Waals surface area contributed by atoms with Gasteiger partial charge in [0.15, 0.2) is 0 Å². The van der Waals surface area contributed by atoms with Gasteiger partial charge in [0.25, 0.3) is 0 Å². The summed E-state index contributed by atoms with van der Waals surface area (Å²) in [6.07, 6.45) is 9.13. The SMILES string of the molecule is COC(=O)N[C@@H](C)C(=O)N1CCC[C@H]1c1ncc(-c2ccc(-c3ccc(-c4cnc([C@@H]5CCCN5C[C@@H]5CCC[C@@H]5OC(N)=O)[nH]4)cc3)cc2)[nH]1. The number of nitrogens with two attached hydrogens (primary N) is 1. The molecule has 3 fully saturated rings. The van der Waals surface area contributed by atoms with Gasteiger partial charge in [-0.2, -0.15) is 0 Å². The maximum absolute atomic E-state index is 13.1. The van der Waals surface area contributed by atoms with Crippen LogP contribution >= 0.6 is 0 Å². The van der Waals surface area contributed by atoms with Gasteiger partial charge >= 0.3 is 12.2 Å². The van der Waals surface area contributed by atoms with E-state index in [-0.39, 0.29) is 24.1 Å². The molecule has 13 nitrogen and oxygen atoms in total. The molecule has 51 heavy (non-hydrogen) atoms. The summed E-state index contributed by atoms with van der Waals surface area (Å²) in [6, 6.07) is 16.2. The van der Waals surface area contributed by atoms with Gasteiger partial charge in [0.05, 0.1) is 43.0 Å². The number of ether oxygens (including phenoxy) is 2. The van der Waals surface area contributed by atoms with Crippen LogP contribution in [0.2, 0.25) is 0 Å². The predicted molar refractivity (Wildman–Crippen MR) is 191 cm³/mol. The molecule has 0 unspecified atom stereocenters. The first-order valence-electron chi connectivity index (χ1n) is 17.9. The minimum Gasteiger partial charge on any atom is -0.453 e. The van der Waals surface area contributed by atoms with Crippen molar-refractivity contribution < 1.29 is 23.9 Å². The highest BCUT2D eigenvalue weighted by atomic mass is 16.6. The molecule has 4 aromatic rings. The number of rotatable bonds is 10. The third kappa shape index (κ3) is 7.48. The van der Waals surface area contributed by atoms with Gasteiger partial charge in [0, 0.05) is 19.0 Å². The summed E-state index contributed by atoms with van der Waals surface area (Å²) in [5, 5.41) is 2.56. The van der Waals surface area contributed by atoms with Crippen LogP contribution in [0.3, 0.4) is 0 Å². The quantitative estimate of drug-likeness (QED) is 0.158. The molecule has 3 amide bonds. The Morgan fingerprint density at radius 2 is 1.39 bits per heavy atom. The van der Waals surface area contributed by atoms with E-state index in [2.05, 4.69) is 78.4 Å². The molecule has 0 spiro atoms. The minimum atomic E-state index is -0.692. The monoisotopic (exact) mass is 694 g/mol. The number of likely N-dealkylation sites (tertiary alicyclic amines) is 2. The topological polar surface area (TPSA) is 172 Å². The molecule has 0 bridgehead atoms. The third-order valence-corrected chi connectivity index (χ3v) is 10.7. The van der Waals surface area contributed by atoms with Crippen molar-refractivity contribution >= 4 is 18.1 Å². The van der Waals surface area contributed by atoms with Crippen molar-refractivity contribution in [2.75, 3.05) is 26.7 Å². The molecule has 2 aromatic carbocycles. The Bertz CT molecular complexity index is 1840. The second kappa shape index (κ2) is 15.0. The van der Waals surface area contributed by atoms with E-state index >= 15 is 0 Å². The maximum Gasteiger partial charge on any atom is 0.407 e. The molecule has 7 rings (SSSR count). The molecule has 1 aliphatic carbocycles. The van der Waals surface area contributed by atoms with Crippen molar-refractivity contribution in [2.24, 2.45) is 11.7 Å². The number of hydrogen-bond donors (Lipinski definition) is 4. The highest BCUT2D eigenvalue weighted by Crippen LogP contribution is 2.37. The number of carbonyl (C=O) groups excluding carboxylic acids is 3. The van der Waals surface area contributed by atoms with Crippen LogP contribution in [0.15, 0.2) is 60.9 Å². The first-order chi connectivity index (χ1) is 24.8. The maximum atomic E-state index is 13.1. The normalized spacial score (nSPS) is 22.6. The number of aromatic nitrogens is 4. The van der Waals surface area contributed by atoms with Crippen molar-refractivity contribution in [2.45, 2.75) is 76.1 Å². The van der Waals surface area contributed by atoms with Gasteiger partial charge in [-0.15, -0.1) is 0 Å². The van der Waals surface area contributed by atoms with Crippen LogP contribution in [0.4, 0.5) is 9.59 Å². The Balaban J connectivity index is 0.976. The number of H-pyrrole nitrogens is 2. The number of aromatic amines is 2. The molecule has 4 heterocycles.